The smallest absolute Gasteiger partial charge is 0.177 e. The van der Waals surface area contributed by atoms with Gasteiger partial charge in [0.1, 0.15) is 5.78 Å². The van der Waals surface area contributed by atoms with Gasteiger partial charge in [-0.05, 0) is 6.54 Å². The minimum atomic E-state index is 0.137. The van der Waals surface area contributed by atoms with E-state index >= 15 is 0 Å². The standard InChI is InChI=1S/C6H12BNO/c1-5(2)6(9)3-4-8-7/h5,8H,3-4H2,1-2H3. The van der Waals surface area contributed by atoms with Gasteiger partial charge in [0, 0.05) is 12.3 Å². The van der Waals surface area contributed by atoms with Crippen molar-refractivity contribution in [2.45, 2.75) is 20.3 Å². The van der Waals surface area contributed by atoms with E-state index in [1.165, 1.54) is 0 Å². The molecule has 0 aliphatic carbocycles. The average Bonchev–Trinajstić information content (AvgIpc) is 1.82. The van der Waals surface area contributed by atoms with Gasteiger partial charge in [0.15, 0.2) is 7.98 Å². The van der Waals surface area contributed by atoms with Crippen molar-refractivity contribution in [1.29, 1.82) is 0 Å². The number of hydrogen-bond donors (Lipinski definition) is 1. The van der Waals surface area contributed by atoms with Gasteiger partial charge in [0.05, 0.1) is 0 Å². The molecule has 0 aromatic carbocycles. The van der Waals surface area contributed by atoms with E-state index in [4.69, 9.17) is 7.98 Å². The number of carbonyl (C=O) groups excluding carboxylic acids is 1. The van der Waals surface area contributed by atoms with Gasteiger partial charge in [0.25, 0.3) is 0 Å². The molecule has 0 atom stereocenters. The lowest BCUT2D eigenvalue weighted by Gasteiger charge is -2.01. The number of Topliss-reactive ketones (excluding diaryl/α,β-unsaturated/α-hetero) is 1. The zero-order valence-electron chi connectivity index (χ0n) is 5.98. The van der Waals surface area contributed by atoms with Crippen LogP contribution in [0.4, 0.5) is 0 Å². The average molecular weight is 125 g/mol. The second-order valence-electron chi connectivity index (χ2n) is 2.33. The van der Waals surface area contributed by atoms with E-state index in [2.05, 4.69) is 5.23 Å². The quantitative estimate of drug-likeness (QED) is 0.546. The van der Waals surface area contributed by atoms with Crippen molar-refractivity contribution < 1.29 is 4.79 Å². The van der Waals surface area contributed by atoms with E-state index in [-0.39, 0.29) is 11.7 Å². The highest BCUT2D eigenvalue weighted by Gasteiger charge is 2.04. The molecule has 0 amide bonds. The lowest BCUT2D eigenvalue weighted by Crippen LogP contribution is -2.17. The molecule has 0 bridgehead atoms. The second kappa shape index (κ2) is 4.56. The molecule has 0 saturated carbocycles. The van der Waals surface area contributed by atoms with E-state index in [0.717, 1.165) is 0 Å². The first-order chi connectivity index (χ1) is 4.18. The van der Waals surface area contributed by atoms with Crippen LogP contribution in [0.15, 0.2) is 0 Å². The van der Waals surface area contributed by atoms with Gasteiger partial charge >= 0.3 is 0 Å². The molecule has 0 aliphatic rings. The summed E-state index contributed by atoms with van der Waals surface area (Å²) in [6.45, 7) is 4.36. The molecule has 0 rings (SSSR count). The highest BCUT2D eigenvalue weighted by atomic mass is 16.1. The van der Waals surface area contributed by atoms with Crippen LogP contribution in [0, 0.1) is 5.92 Å². The van der Waals surface area contributed by atoms with E-state index < -0.39 is 0 Å². The number of hydrogen-bond acceptors (Lipinski definition) is 2. The van der Waals surface area contributed by atoms with Gasteiger partial charge in [-0.1, -0.05) is 13.8 Å². The molecule has 9 heavy (non-hydrogen) atoms. The first-order valence-electron chi connectivity index (χ1n) is 3.14. The molecule has 0 fully saturated rings. The normalized spacial score (nSPS) is 10.1. The summed E-state index contributed by atoms with van der Waals surface area (Å²) in [6, 6.07) is 0. The van der Waals surface area contributed by atoms with E-state index in [9.17, 15) is 4.79 Å². The Labute approximate surface area is 57.4 Å². The zero-order chi connectivity index (χ0) is 7.28. The summed E-state index contributed by atoms with van der Waals surface area (Å²) in [7, 11) is 4.97. The SMILES string of the molecule is [B]NCCC(=O)C(C)C. The van der Waals surface area contributed by atoms with Crippen LogP contribution < -0.4 is 5.23 Å². The van der Waals surface area contributed by atoms with Crippen LogP contribution in [0.5, 0.6) is 0 Å². The number of carbonyl (C=O) groups is 1. The monoisotopic (exact) mass is 125 g/mol. The van der Waals surface area contributed by atoms with Crippen molar-refractivity contribution in [2.75, 3.05) is 6.54 Å². The minimum absolute atomic E-state index is 0.137. The third kappa shape index (κ3) is 4.21. The van der Waals surface area contributed by atoms with Crippen LogP contribution in [0.2, 0.25) is 0 Å². The molecule has 3 heteroatoms. The Bertz CT molecular complexity index is 93.1. The molecular weight excluding hydrogens is 113 g/mol. The summed E-state index contributed by atoms with van der Waals surface area (Å²) < 4.78 is 0. The van der Waals surface area contributed by atoms with Crippen molar-refractivity contribution in [1.82, 2.24) is 5.23 Å². The Hall–Kier alpha value is -0.305. The van der Waals surface area contributed by atoms with Crippen LogP contribution in [-0.2, 0) is 4.79 Å². The van der Waals surface area contributed by atoms with Gasteiger partial charge in [-0.15, -0.1) is 0 Å². The maximum Gasteiger partial charge on any atom is 0.177 e. The van der Waals surface area contributed by atoms with Crippen molar-refractivity contribution in [3.05, 3.63) is 0 Å². The predicted octanol–water partition coefficient (Wildman–Crippen LogP) is 0.275. The van der Waals surface area contributed by atoms with Crippen LogP contribution in [0.25, 0.3) is 0 Å². The molecule has 0 unspecified atom stereocenters. The number of nitrogens with one attached hydrogen (secondary N) is 1. The maximum atomic E-state index is 10.8. The number of rotatable bonds is 4. The van der Waals surface area contributed by atoms with Crippen LogP contribution >= 0.6 is 0 Å². The fourth-order valence-corrected chi connectivity index (χ4v) is 0.484. The lowest BCUT2D eigenvalue weighted by atomic mass is 10.1. The topological polar surface area (TPSA) is 29.1 Å². The largest absolute Gasteiger partial charge is 0.366 e. The van der Waals surface area contributed by atoms with Gasteiger partial charge in [-0.3, -0.25) is 4.79 Å². The molecule has 2 radical (unpaired) electrons. The third-order valence-electron chi connectivity index (χ3n) is 1.16. The van der Waals surface area contributed by atoms with Crippen molar-refractivity contribution in [2.24, 2.45) is 5.92 Å². The molecule has 2 nitrogen and oxygen atoms in total. The van der Waals surface area contributed by atoms with E-state index in [1.54, 1.807) is 0 Å². The summed E-state index contributed by atoms with van der Waals surface area (Å²) >= 11 is 0. The Kier molecular flexibility index (Phi) is 4.41. The van der Waals surface area contributed by atoms with E-state index in [0.29, 0.717) is 13.0 Å². The predicted molar refractivity (Wildman–Crippen MR) is 38.2 cm³/mol. The molecule has 0 saturated heterocycles. The van der Waals surface area contributed by atoms with Gasteiger partial charge in [-0.2, -0.15) is 0 Å². The van der Waals surface area contributed by atoms with E-state index in [1.807, 2.05) is 13.8 Å². The Balaban J connectivity index is 3.28. The zero-order valence-corrected chi connectivity index (χ0v) is 5.98. The summed E-state index contributed by atoms with van der Waals surface area (Å²) in [5.41, 5.74) is 0. The highest BCUT2D eigenvalue weighted by molar-refractivity contribution is 6.04. The molecule has 0 aromatic heterocycles. The first kappa shape index (κ1) is 8.69. The molecule has 0 heterocycles. The molecule has 50 valence electrons. The molecule has 1 N–H and O–H groups in total. The van der Waals surface area contributed by atoms with Crippen molar-refractivity contribution in [3.63, 3.8) is 0 Å². The molecule has 0 aliphatic heterocycles. The maximum absolute atomic E-state index is 10.8. The third-order valence-corrected chi connectivity index (χ3v) is 1.16. The lowest BCUT2D eigenvalue weighted by molar-refractivity contribution is -0.121. The fourth-order valence-electron chi connectivity index (χ4n) is 0.484. The summed E-state index contributed by atoms with van der Waals surface area (Å²) in [5.74, 6) is 0.395. The highest BCUT2D eigenvalue weighted by Crippen LogP contribution is 1.96. The Morgan fingerprint density at radius 2 is 2.22 bits per heavy atom. The van der Waals surface area contributed by atoms with Crippen molar-refractivity contribution in [3.8, 4) is 0 Å². The summed E-state index contributed by atoms with van der Waals surface area (Å²) in [5, 5.41) is 2.43. The summed E-state index contributed by atoms with van der Waals surface area (Å²) in [6.07, 6.45) is 0.536. The minimum Gasteiger partial charge on any atom is -0.366 e. The molecular formula is C6H12BNO. The van der Waals surface area contributed by atoms with Gasteiger partial charge in [0.2, 0.25) is 0 Å². The van der Waals surface area contributed by atoms with Crippen LogP contribution in [0.1, 0.15) is 20.3 Å². The van der Waals surface area contributed by atoms with Gasteiger partial charge < -0.3 is 5.23 Å². The molecule has 0 aromatic rings. The molecule has 0 spiro atoms. The summed E-state index contributed by atoms with van der Waals surface area (Å²) in [4.78, 5) is 10.8. The number of ketones is 1. The van der Waals surface area contributed by atoms with Gasteiger partial charge in [-0.25, -0.2) is 0 Å². The van der Waals surface area contributed by atoms with Crippen LogP contribution in [0.3, 0.4) is 0 Å². The first-order valence-corrected chi connectivity index (χ1v) is 3.14. The van der Waals surface area contributed by atoms with Crippen molar-refractivity contribution >= 4 is 13.8 Å². The Morgan fingerprint density at radius 1 is 1.67 bits per heavy atom. The Morgan fingerprint density at radius 3 is 2.56 bits per heavy atom. The van der Waals surface area contributed by atoms with Crippen LogP contribution in [-0.4, -0.2) is 20.3 Å². The fraction of sp³-hybridized carbons (Fsp3) is 0.833. The second-order valence-corrected chi connectivity index (χ2v) is 2.33.